The van der Waals surface area contributed by atoms with Gasteiger partial charge in [0.05, 0.1) is 0 Å². The van der Waals surface area contributed by atoms with Crippen molar-refractivity contribution in [2.24, 2.45) is 11.8 Å². The van der Waals surface area contributed by atoms with Crippen LogP contribution in [0.3, 0.4) is 0 Å². The van der Waals surface area contributed by atoms with Crippen molar-refractivity contribution in [3.63, 3.8) is 0 Å². The normalized spacial score (nSPS) is 13.8. The Morgan fingerprint density at radius 3 is 2.17 bits per heavy atom. The van der Waals surface area contributed by atoms with Gasteiger partial charge in [-0.1, -0.05) is 53.4 Å². The molecule has 0 aromatic carbocycles. The molecule has 0 saturated carbocycles. The SMILES string of the molecule is CCC[CH]C(CC)CCC(C)C. The standard InChI is InChI=1S/C12H25/c1-5-7-8-12(6-2)10-9-11(3)4/h8,11-12H,5-7,9-10H2,1-4H3. The molecule has 0 aromatic rings. The van der Waals surface area contributed by atoms with Crippen molar-refractivity contribution in [3.05, 3.63) is 6.42 Å². The van der Waals surface area contributed by atoms with Crippen LogP contribution >= 0.6 is 0 Å². The lowest BCUT2D eigenvalue weighted by Crippen LogP contribution is -2.01. The molecule has 0 saturated heterocycles. The Bertz CT molecular complexity index is 84.0. The third-order valence-corrected chi connectivity index (χ3v) is 2.43. The van der Waals surface area contributed by atoms with Gasteiger partial charge in [0, 0.05) is 0 Å². The van der Waals surface area contributed by atoms with Gasteiger partial charge in [-0.2, -0.15) is 0 Å². The fraction of sp³-hybridized carbons (Fsp3) is 0.917. The summed E-state index contributed by atoms with van der Waals surface area (Å²) in [7, 11) is 0. The van der Waals surface area contributed by atoms with Crippen LogP contribution < -0.4 is 0 Å². The van der Waals surface area contributed by atoms with Gasteiger partial charge in [-0.3, -0.25) is 0 Å². The number of rotatable bonds is 7. The molecule has 1 radical (unpaired) electrons. The molecular weight excluding hydrogens is 144 g/mol. The van der Waals surface area contributed by atoms with E-state index in [0.29, 0.717) is 0 Å². The molecule has 0 aliphatic carbocycles. The largest absolute Gasteiger partial charge is 0.0654 e. The van der Waals surface area contributed by atoms with Crippen molar-refractivity contribution in [3.8, 4) is 0 Å². The highest BCUT2D eigenvalue weighted by Gasteiger charge is 2.06. The summed E-state index contributed by atoms with van der Waals surface area (Å²) in [6, 6.07) is 0. The Hall–Kier alpha value is 0. The lowest BCUT2D eigenvalue weighted by atomic mass is 9.91. The van der Waals surface area contributed by atoms with Crippen molar-refractivity contribution in [1.82, 2.24) is 0 Å². The van der Waals surface area contributed by atoms with Crippen molar-refractivity contribution >= 4 is 0 Å². The van der Waals surface area contributed by atoms with Gasteiger partial charge in [-0.15, -0.1) is 0 Å². The first kappa shape index (κ1) is 12.0. The Balaban J connectivity index is 3.39. The van der Waals surface area contributed by atoms with E-state index in [1.165, 1.54) is 32.1 Å². The van der Waals surface area contributed by atoms with Crippen LogP contribution in [0.5, 0.6) is 0 Å². The van der Waals surface area contributed by atoms with E-state index in [2.05, 4.69) is 34.1 Å². The highest BCUT2D eigenvalue weighted by molar-refractivity contribution is 4.74. The predicted molar refractivity (Wildman–Crippen MR) is 57.1 cm³/mol. The summed E-state index contributed by atoms with van der Waals surface area (Å²) < 4.78 is 0. The Morgan fingerprint density at radius 2 is 1.75 bits per heavy atom. The first-order chi connectivity index (χ1) is 5.70. The van der Waals surface area contributed by atoms with E-state index in [9.17, 15) is 0 Å². The summed E-state index contributed by atoms with van der Waals surface area (Å²) in [6.45, 7) is 9.18. The fourth-order valence-corrected chi connectivity index (χ4v) is 1.44. The molecule has 0 fully saturated rings. The van der Waals surface area contributed by atoms with Gasteiger partial charge < -0.3 is 0 Å². The van der Waals surface area contributed by atoms with E-state index in [1.54, 1.807) is 0 Å². The molecule has 0 bridgehead atoms. The molecule has 0 heterocycles. The van der Waals surface area contributed by atoms with E-state index >= 15 is 0 Å². The molecule has 0 amide bonds. The van der Waals surface area contributed by atoms with Crippen LogP contribution in [0.4, 0.5) is 0 Å². The summed E-state index contributed by atoms with van der Waals surface area (Å²) in [6.07, 6.45) is 9.23. The summed E-state index contributed by atoms with van der Waals surface area (Å²) in [5.74, 6) is 1.75. The Morgan fingerprint density at radius 1 is 1.08 bits per heavy atom. The second-order valence-corrected chi connectivity index (χ2v) is 4.16. The van der Waals surface area contributed by atoms with Gasteiger partial charge in [0.1, 0.15) is 0 Å². The maximum atomic E-state index is 2.52. The Kier molecular flexibility index (Phi) is 7.64. The highest BCUT2D eigenvalue weighted by atomic mass is 14.1. The lowest BCUT2D eigenvalue weighted by Gasteiger charge is -2.14. The van der Waals surface area contributed by atoms with Crippen LogP contribution in [-0.4, -0.2) is 0 Å². The molecule has 0 nitrogen and oxygen atoms in total. The zero-order valence-electron chi connectivity index (χ0n) is 9.27. The maximum Gasteiger partial charge on any atom is -0.0355 e. The van der Waals surface area contributed by atoms with Gasteiger partial charge in [-0.05, 0) is 24.7 Å². The molecule has 0 heteroatoms. The number of hydrogen-bond acceptors (Lipinski definition) is 0. The average Bonchev–Trinajstić information content (AvgIpc) is 2.05. The Labute approximate surface area is 78.8 Å². The molecule has 0 spiro atoms. The quantitative estimate of drug-likeness (QED) is 0.528. The third kappa shape index (κ3) is 6.69. The van der Waals surface area contributed by atoms with Crippen LogP contribution in [0.1, 0.15) is 59.8 Å². The van der Waals surface area contributed by atoms with E-state index < -0.39 is 0 Å². The molecular formula is C12H25. The molecule has 0 aliphatic heterocycles. The van der Waals surface area contributed by atoms with Crippen molar-refractivity contribution < 1.29 is 0 Å². The molecule has 1 unspecified atom stereocenters. The van der Waals surface area contributed by atoms with Crippen molar-refractivity contribution in [2.45, 2.75) is 59.8 Å². The topological polar surface area (TPSA) is 0 Å². The lowest BCUT2D eigenvalue weighted by molar-refractivity contribution is 0.443. The van der Waals surface area contributed by atoms with E-state index in [0.717, 1.165) is 11.8 Å². The van der Waals surface area contributed by atoms with E-state index in [4.69, 9.17) is 0 Å². The second-order valence-electron chi connectivity index (χ2n) is 4.16. The molecule has 73 valence electrons. The maximum absolute atomic E-state index is 2.52. The zero-order valence-corrected chi connectivity index (χ0v) is 9.27. The zero-order chi connectivity index (χ0) is 9.40. The molecule has 0 aliphatic rings. The monoisotopic (exact) mass is 169 g/mol. The average molecular weight is 169 g/mol. The molecule has 12 heavy (non-hydrogen) atoms. The second kappa shape index (κ2) is 7.64. The third-order valence-electron chi connectivity index (χ3n) is 2.43. The summed E-state index contributed by atoms with van der Waals surface area (Å²) in [4.78, 5) is 0. The van der Waals surface area contributed by atoms with Crippen LogP contribution in [0.15, 0.2) is 0 Å². The summed E-state index contributed by atoms with van der Waals surface area (Å²) >= 11 is 0. The van der Waals surface area contributed by atoms with E-state index in [1.807, 2.05) is 0 Å². The summed E-state index contributed by atoms with van der Waals surface area (Å²) in [5.41, 5.74) is 0. The van der Waals surface area contributed by atoms with Crippen LogP contribution in [0.25, 0.3) is 0 Å². The van der Waals surface area contributed by atoms with Gasteiger partial charge in [-0.25, -0.2) is 0 Å². The van der Waals surface area contributed by atoms with Gasteiger partial charge >= 0.3 is 0 Å². The van der Waals surface area contributed by atoms with Crippen LogP contribution in [0, 0.1) is 18.3 Å². The van der Waals surface area contributed by atoms with E-state index in [-0.39, 0.29) is 0 Å². The van der Waals surface area contributed by atoms with Crippen LogP contribution in [0.2, 0.25) is 0 Å². The minimum atomic E-state index is 0.870. The molecule has 0 aromatic heterocycles. The first-order valence-corrected chi connectivity index (χ1v) is 5.54. The van der Waals surface area contributed by atoms with Gasteiger partial charge in [0.15, 0.2) is 0 Å². The first-order valence-electron chi connectivity index (χ1n) is 5.54. The molecule has 0 N–H and O–H groups in total. The predicted octanol–water partition coefficient (Wildman–Crippen LogP) is 4.45. The van der Waals surface area contributed by atoms with Crippen molar-refractivity contribution in [1.29, 1.82) is 0 Å². The van der Waals surface area contributed by atoms with Gasteiger partial charge in [0.25, 0.3) is 0 Å². The smallest absolute Gasteiger partial charge is 0.0355 e. The minimum Gasteiger partial charge on any atom is -0.0654 e. The van der Waals surface area contributed by atoms with Gasteiger partial charge in [0.2, 0.25) is 0 Å². The number of unbranched alkanes of at least 4 members (excludes halogenated alkanes) is 1. The number of hydrogen-bond donors (Lipinski definition) is 0. The molecule has 0 rings (SSSR count). The highest BCUT2D eigenvalue weighted by Crippen LogP contribution is 2.19. The van der Waals surface area contributed by atoms with Crippen molar-refractivity contribution in [2.75, 3.05) is 0 Å². The minimum absolute atomic E-state index is 0.870. The summed E-state index contributed by atoms with van der Waals surface area (Å²) in [5, 5.41) is 0. The van der Waals surface area contributed by atoms with Crippen LogP contribution in [-0.2, 0) is 0 Å². The molecule has 1 atom stereocenters. The fourth-order valence-electron chi connectivity index (χ4n) is 1.44.